The molecule has 0 aliphatic rings. The number of ether oxygens (including phenoxy) is 2. The summed E-state index contributed by atoms with van der Waals surface area (Å²) in [7, 11) is -2.72. The van der Waals surface area contributed by atoms with Crippen LogP contribution in [0.25, 0.3) is 0 Å². The number of carbonyl (C=O) groups is 2. The number of nitrogens with zero attached hydrogens (tertiary/aromatic N) is 2. The van der Waals surface area contributed by atoms with Crippen LogP contribution < -0.4 is 19.1 Å². The van der Waals surface area contributed by atoms with E-state index in [0.29, 0.717) is 22.9 Å². The highest BCUT2D eigenvalue weighted by Crippen LogP contribution is 2.33. The van der Waals surface area contributed by atoms with Gasteiger partial charge in [-0.1, -0.05) is 42.8 Å². The second-order valence-corrected chi connectivity index (χ2v) is 12.1. The quantitative estimate of drug-likeness (QED) is 0.265. The number of hydrogen-bond acceptors (Lipinski definition) is 6. The van der Waals surface area contributed by atoms with Gasteiger partial charge in [0.1, 0.15) is 24.1 Å². The lowest BCUT2D eigenvalue weighted by molar-refractivity contribution is -0.140. The van der Waals surface area contributed by atoms with Gasteiger partial charge in [-0.3, -0.25) is 13.9 Å². The van der Waals surface area contributed by atoms with E-state index in [-0.39, 0.29) is 35.7 Å². The Labute approximate surface area is 253 Å². The number of sulfonamides is 1. The highest BCUT2D eigenvalue weighted by molar-refractivity contribution is 7.92. The molecule has 1 N–H and O–H groups in total. The molecule has 0 radical (unpaired) electrons. The van der Waals surface area contributed by atoms with E-state index in [1.807, 2.05) is 26.8 Å². The van der Waals surface area contributed by atoms with Crippen LogP contribution >= 0.6 is 11.6 Å². The van der Waals surface area contributed by atoms with Crippen molar-refractivity contribution in [2.45, 2.75) is 57.6 Å². The van der Waals surface area contributed by atoms with Gasteiger partial charge in [-0.25, -0.2) is 8.42 Å². The van der Waals surface area contributed by atoms with Crippen molar-refractivity contribution in [3.8, 4) is 11.5 Å². The molecule has 0 spiro atoms. The van der Waals surface area contributed by atoms with Gasteiger partial charge in [0.15, 0.2) is 0 Å². The molecule has 2 amide bonds. The molecule has 3 rings (SSSR count). The van der Waals surface area contributed by atoms with E-state index in [2.05, 4.69) is 5.32 Å². The molecule has 3 aromatic carbocycles. The van der Waals surface area contributed by atoms with Crippen LogP contribution in [0.15, 0.2) is 77.7 Å². The van der Waals surface area contributed by atoms with E-state index >= 15 is 0 Å². The fourth-order valence-electron chi connectivity index (χ4n) is 4.46. The minimum atomic E-state index is -4.27. The fraction of sp³-hybridized carbons (Fsp3) is 0.355. The Morgan fingerprint density at radius 2 is 1.67 bits per heavy atom. The lowest BCUT2D eigenvalue weighted by Gasteiger charge is -2.34. The van der Waals surface area contributed by atoms with Gasteiger partial charge in [-0.05, 0) is 81.3 Å². The minimum Gasteiger partial charge on any atom is -0.497 e. The van der Waals surface area contributed by atoms with E-state index < -0.39 is 28.5 Å². The molecule has 3 aromatic rings. The number of carbonyl (C=O) groups excluding carboxylic acids is 2. The van der Waals surface area contributed by atoms with Gasteiger partial charge < -0.3 is 19.7 Å². The number of hydrogen-bond donors (Lipinski definition) is 1. The number of anilines is 1. The van der Waals surface area contributed by atoms with E-state index in [0.717, 1.165) is 9.87 Å². The van der Waals surface area contributed by atoms with Crippen LogP contribution in [0.1, 0.15) is 39.7 Å². The van der Waals surface area contributed by atoms with Crippen molar-refractivity contribution in [2.24, 2.45) is 0 Å². The first-order valence-corrected chi connectivity index (χ1v) is 15.6. The predicted molar refractivity (Wildman–Crippen MR) is 164 cm³/mol. The topological polar surface area (TPSA) is 105 Å². The van der Waals surface area contributed by atoms with Crippen molar-refractivity contribution >= 4 is 39.1 Å². The Balaban J connectivity index is 2.12. The Morgan fingerprint density at radius 1 is 0.976 bits per heavy atom. The third-order valence-corrected chi connectivity index (χ3v) is 8.44. The summed E-state index contributed by atoms with van der Waals surface area (Å²) in [4.78, 5) is 28.9. The third kappa shape index (κ3) is 8.17. The van der Waals surface area contributed by atoms with E-state index in [1.165, 1.54) is 29.2 Å². The molecule has 1 atom stereocenters. The predicted octanol–water partition coefficient (Wildman–Crippen LogP) is 5.27. The van der Waals surface area contributed by atoms with Crippen molar-refractivity contribution in [1.29, 1.82) is 0 Å². The number of para-hydroxylation sites is 2. The Morgan fingerprint density at radius 3 is 2.29 bits per heavy atom. The summed E-state index contributed by atoms with van der Waals surface area (Å²) in [5.74, 6) is 0.00410. The van der Waals surface area contributed by atoms with Gasteiger partial charge in [0.25, 0.3) is 10.0 Å². The maximum absolute atomic E-state index is 14.2. The molecule has 0 bridgehead atoms. The molecule has 226 valence electrons. The number of rotatable bonds is 14. The molecule has 0 saturated carbocycles. The van der Waals surface area contributed by atoms with Crippen molar-refractivity contribution in [3.05, 3.63) is 83.4 Å². The highest BCUT2D eigenvalue weighted by Gasteiger charge is 2.35. The third-order valence-electron chi connectivity index (χ3n) is 6.42. The van der Waals surface area contributed by atoms with E-state index in [1.54, 1.807) is 56.5 Å². The molecule has 11 heteroatoms. The van der Waals surface area contributed by atoms with Crippen LogP contribution in [0.5, 0.6) is 11.5 Å². The smallest absolute Gasteiger partial charge is 0.264 e. The van der Waals surface area contributed by atoms with Gasteiger partial charge in [-0.15, -0.1) is 0 Å². The minimum absolute atomic E-state index is 0.0464. The van der Waals surface area contributed by atoms with Gasteiger partial charge in [0.2, 0.25) is 11.8 Å². The van der Waals surface area contributed by atoms with Crippen molar-refractivity contribution in [2.75, 3.05) is 24.6 Å². The van der Waals surface area contributed by atoms with Crippen molar-refractivity contribution in [1.82, 2.24) is 10.2 Å². The van der Waals surface area contributed by atoms with Crippen LogP contribution in [0.3, 0.4) is 0 Å². The van der Waals surface area contributed by atoms with Gasteiger partial charge >= 0.3 is 0 Å². The standard InChI is InChI=1S/C31H38ClN3O6S/c1-6-27(31(37)33-22(3)4)34(20-23-11-10-12-25(19-23)40-5)30(36)21-35(28-13-8-9-14-29(28)41-7-2)42(38,39)26-17-15-24(32)16-18-26/h8-19,22,27H,6-7,20-21H2,1-5H3,(H,33,37)/t27-/m0/s1. The first-order chi connectivity index (χ1) is 20.0. The number of methoxy groups -OCH3 is 1. The molecule has 0 fully saturated rings. The second kappa shape index (κ2) is 14.9. The summed E-state index contributed by atoms with van der Waals surface area (Å²) in [6.45, 7) is 7.04. The normalized spacial score (nSPS) is 12.0. The van der Waals surface area contributed by atoms with Crippen LogP contribution in [-0.2, 0) is 26.2 Å². The van der Waals surface area contributed by atoms with Crippen LogP contribution in [0, 0.1) is 0 Å². The lowest BCUT2D eigenvalue weighted by atomic mass is 10.1. The maximum atomic E-state index is 14.2. The molecule has 9 nitrogen and oxygen atoms in total. The van der Waals surface area contributed by atoms with Crippen molar-refractivity contribution < 1.29 is 27.5 Å². The van der Waals surface area contributed by atoms with Crippen LogP contribution in [0.4, 0.5) is 5.69 Å². The summed E-state index contributed by atoms with van der Waals surface area (Å²) in [5, 5.41) is 3.26. The van der Waals surface area contributed by atoms with Gasteiger partial charge in [0.05, 0.1) is 24.3 Å². The zero-order valence-corrected chi connectivity index (χ0v) is 26.1. The van der Waals surface area contributed by atoms with E-state index in [4.69, 9.17) is 21.1 Å². The number of amides is 2. The largest absolute Gasteiger partial charge is 0.497 e. The highest BCUT2D eigenvalue weighted by atomic mass is 35.5. The summed E-state index contributed by atoms with van der Waals surface area (Å²) in [5.41, 5.74) is 0.920. The van der Waals surface area contributed by atoms with Gasteiger partial charge in [-0.2, -0.15) is 0 Å². The molecule has 0 aliphatic heterocycles. The summed E-state index contributed by atoms with van der Waals surface area (Å²) in [6, 6.07) is 18.5. The lowest BCUT2D eigenvalue weighted by Crippen LogP contribution is -2.53. The molecular formula is C31H38ClN3O6S. The Hall–Kier alpha value is -3.76. The summed E-state index contributed by atoms with van der Waals surface area (Å²) in [6.07, 6.45) is 0.313. The van der Waals surface area contributed by atoms with E-state index in [9.17, 15) is 18.0 Å². The Bertz CT molecular complexity index is 1460. The summed E-state index contributed by atoms with van der Waals surface area (Å²) >= 11 is 6.03. The maximum Gasteiger partial charge on any atom is 0.264 e. The molecule has 42 heavy (non-hydrogen) atoms. The van der Waals surface area contributed by atoms with Crippen LogP contribution in [0.2, 0.25) is 5.02 Å². The zero-order chi connectivity index (χ0) is 30.9. The average Bonchev–Trinajstić information content (AvgIpc) is 2.96. The molecule has 0 unspecified atom stereocenters. The molecule has 0 saturated heterocycles. The second-order valence-electron chi connectivity index (χ2n) is 9.83. The monoisotopic (exact) mass is 615 g/mol. The fourth-order valence-corrected chi connectivity index (χ4v) is 6.01. The zero-order valence-electron chi connectivity index (χ0n) is 24.5. The molecule has 0 aliphatic carbocycles. The molecular weight excluding hydrogens is 578 g/mol. The SMILES string of the molecule is CCOc1ccccc1N(CC(=O)N(Cc1cccc(OC)c1)[C@@H](CC)C(=O)NC(C)C)S(=O)(=O)c1ccc(Cl)cc1. The number of halogens is 1. The first kappa shape index (κ1) is 32.8. The van der Waals surface area contributed by atoms with Gasteiger partial charge in [0, 0.05) is 17.6 Å². The Kier molecular flexibility index (Phi) is 11.6. The molecule has 0 aromatic heterocycles. The van der Waals surface area contributed by atoms with Crippen LogP contribution in [-0.4, -0.2) is 57.5 Å². The van der Waals surface area contributed by atoms with Crippen molar-refractivity contribution in [3.63, 3.8) is 0 Å². The first-order valence-electron chi connectivity index (χ1n) is 13.7. The average molecular weight is 616 g/mol. The number of nitrogens with one attached hydrogen (secondary N) is 1. The summed E-state index contributed by atoms with van der Waals surface area (Å²) < 4.78 is 40.3. The molecule has 0 heterocycles. The number of benzene rings is 3.